The Morgan fingerprint density at radius 3 is 2.18 bits per heavy atom. The predicted octanol–water partition coefficient (Wildman–Crippen LogP) is 5.51. The van der Waals surface area contributed by atoms with Crippen LogP contribution in [0, 0.1) is 0 Å². The first-order chi connectivity index (χ1) is 15.6. The van der Waals surface area contributed by atoms with Gasteiger partial charge in [-0.15, -0.1) is 11.8 Å². The number of benzene rings is 2. The number of aliphatic imine (C=N–C) groups is 2. The minimum absolute atomic E-state index is 0.0117. The Hall–Kier alpha value is -1.96. The molecule has 0 atom stereocenters. The quantitative estimate of drug-likeness (QED) is 0.563. The van der Waals surface area contributed by atoms with Crippen LogP contribution in [-0.2, 0) is 15.4 Å². The molecule has 4 rings (SSSR count). The molecule has 1 fully saturated rings. The molecule has 0 unspecified atom stereocenters. The highest BCUT2D eigenvalue weighted by Crippen LogP contribution is 2.37. The second-order valence-corrected chi connectivity index (χ2v) is 12.8. The third kappa shape index (κ3) is 5.10. The van der Waals surface area contributed by atoms with Gasteiger partial charge in [0, 0.05) is 31.5 Å². The molecule has 2 aromatic rings. The lowest BCUT2D eigenvalue weighted by Crippen LogP contribution is -2.44. The molecule has 0 aliphatic carbocycles. The number of piperidine rings is 1. The van der Waals surface area contributed by atoms with Gasteiger partial charge < -0.3 is 0 Å². The Bertz CT molecular complexity index is 1140. The molecule has 7 heteroatoms. The Morgan fingerprint density at radius 2 is 1.61 bits per heavy atom. The minimum atomic E-state index is -3.53. The molecule has 0 bridgehead atoms. The monoisotopic (exact) mass is 483 g/mol. The molecule has 1 spiro atoms. The topological polar surface area (TPSA) is 62.1 Å². The van der Waals surface area contributed by atoms with Gasteiger partial charge in [-0.25, -0.2) is 13.4 Å². The smallest absolute Gasteiger partial charge is 0.243 e. The summed E-state index contributed by atoms with van der Waals surface area (Å²) < 4.78 is 28.2. The van der Waals surface area contributed by atoms with Crippen LogP contribution in [0.4, 0.5) is 0 Å². The molecule has 1 saturated heterocycles. The molecule has 0 radical (unpaired) electrons. The first-order valence-electron chi connectivity index (χ1n) is 11.6. The summed E-state index contributed by atoms with van der Waals surface area (Å²) in [4.78, 5) is 10.5. The van der Waals surface area contributed by atoms with Crippen LogP contribution in [0.5, 0.6) is 0 Å². The van der Waals surface area contributed by atoms with Crippen LogP contribution < -0.4 is 0 Å². The second-order valence-electron chi connectivity index (χ2n) is 9.75. The zero-order chi connectivity index (χ0) is 23.7. The molecular formula is C26H33N3O2S2. The molecule has 2 aliphatic heterocycles. The van der Waals surface area contributed by atoms with Crippen molar-refractivity contribution in [1.82, 2.24) is 4.31 Å². The average molecular weight is 484 g/mol. The van der Waals surface area contributed by atoms with E-state index in [1.54, 1.807) is 28.2 Å². The highest BCUT2D eigenvalue weighted by Gasteiger charge is 2.42. The number of hydrogen-bond donors (Lipinski definition) is 0. The van der Waals surface area contributed by atoms with Gasteiger partial charge in [-0.2, -0.15) is 4.31 Å². The van der Waals surface area contributed by atoms with Crippen LogP contribution in [0.3, 0.4) is 0 Å². The summed E-state index contributed by atoms with van der Waals surface area (Å²) >= 11 is 1.75. The van der Waals surface area contributed by atoms with Crippen molar-refractivity contribution in [3.63, 3.8) is 0 Å². The summed E-state index contributed by atoms with van der Waals surface area (Å²) in [5, 5.41) is 0.983. The summed E-state index contributed by atoms with van der Waals surface area (Å²) in [6.45, 7) is 9.38. The average Bonchev–Trinajstić information content (AvgIpc) is 3.16. The molecule has 0 saturated carbocycles. The van der Waals surface area contributed by atoms with Gasteiger partial charge in [0.25, 0.3) is 0 Å². The minimum Gasteiger partial charge on any atom is -0.252 e. The molecule has 0 amide bonds. The fourth-order valence-electron chi connectivity index (χ4n) is 4.19. The van der Waals surface area contributed by atoms with E-state index in [9.17, 15) is 8.42 Å². The first kappa shape index (κ1) is 24.2. The van der Waals surface area contributed by atoms with Crippen molar-refractivity contribution < 1.29 is 8.42 Å². The Morgan fingerprint density at radius 1 is 0.970 bits per heavy atom. The lowest BCUT2D eigenvalue weighted by molar-refractivity contribution is 0.249. The summed E-state index contributed by atoms with van der Waals surface area (Å²) in [5.74, 6) is 0.992. The van der Waals surface area contributed by atoms with Crippen LogP contribution in [0.1, 0.15) is 58.1 Å². The highest BCUT2D eigenvalue weighted by molar-refractivity contribution is 8.15. The van der Waals surface area contributed by atoms with Crippen LogP contribution in [0.15, 0.2) is 69.5 Å². The summed E-state index contributed by atoms with van der Waals surface area (Å²) in [7, 11) is -3.53. The van der Waals surface area contributed by atoms with E-state index < -0.39 is 15.7 Å². The van der Waals surface area contributed by atoms with Crippen LogP contribution in [0.2, 0.25) is 0 Å². The van der Waals surface area contributed by atoms with Crippen LogP contribution in [-0.4, -0.2) is 48.0 Å². The van der Waals surface area contributed by atoms with Crippen LogP contribution in [0.25, 0.3) is 0 Å². The van der Waals surface area contributed by atoms with Gasteiger partial charge in [0.05, 0.1) is 10.6 Å². The molecule has 5 nitrogen and oxygen atoms in total. The van der Waals surface area contributed by atoms with E-state index in [4.69, 9.17) is 9.98 Å². The zero-order valence-electron chi connectivity index (χ0n) is 19.9. The molecule has 33 heavy (non-hydrogen) atoms. The van der Waals surface area contributed by atoms with Crippen molar-refractivity contribution in [3.8, 4) is 0 Å². The SMILES string of the molecule is CCCSC1=NC2(CCN(S(=O)(=O)c3ccc(C(C)(C)C)cc3)CC2)N=C1c1ccccc1. The fourth-order valence-corrected chi connectivity index (χ4v) is 6.56. The van der Waals surface area contributed by atoms with Crippen molar-refractivity contribution in [2.45, 2.75) is 62.9 Å². The summed E-state index contributed by atoms with van der Waals surface area (Å²) in [6, 6.07) is 17.5. The summed E-state index contributed by atoms with van der Waals surface area (Å²) in [5.41, 5.74) is 2.58. The number of nitrogens with zero attached hydrogens (tertiary/aromatic N) is 3. The molecule has 176 valence electrons. The van der Waals surface area contributed by atoms with Crippen molar-refractivity contribution in [2.75, 3.05) is 18.8 Å². The molecule has 2 aliphatic rings. The lowest BCUT2D eigenvalue weighted by atomic mass is 9.87. The highest BCUT2D eigenvalue weighted by atomic mass is 32.2. The second kappa shape index (κ2) is 9.35. The summed E-state index contributed by atoms with van der Waals surface area (Å²) in [6.07, 6.45) is 2.26. The van der Waals surface area contributed by atoms with Gasteiger partial charge >= 0.3 is 0 Å². The van der Waals surface area contributed by atoms with Crippen molar-refractivity contribution in [2.24, 2.45) is 9.98 Å². The molecular weight excluding hydrogens is 450 g/mol. The Kier molecular flexibility index (Phi) is 6.85. The number of rotatable bonds is 5. The normalized spacial score (nSPS) is 18.9. The maximum Gasteiger partial charge on any atom is 0.243 e. The maximum atomic E-state index is 13.3. The third-order valence-electron chi connectivity index (χ3n) is 6.20. The van der Waals surface area contributed by atoms with E-state index in [2.05, 4.69) is 39.8 Å². The van der Waals surface area contributed by atoms with E-state index in [1.165, 1.54) is 0 Å². The standard InChI is InChI=1S/C26H33N3O2S2/c1-5-19-32-24-23(20-9-7-6-8-10-20)27-26(28-24)15-17-29(18-16-26)33(30,31)22-13-11-21(12-14-22)25(2,3)4/h6-14H,5,15-19H2,1-4H3. The van der Waals surface area contributed by atoms with E-state index in [0.29, 0.717) is 30.8 Å². The number of sulfonamides is 1. The molecule has 2 heterocycles. The van der Waals surface area contributed by atoms with Gasteiger partial charge in [-0.3, -0.25) is 4.99 Å². The van der Waals surface area contributed by atoms with E-state index in [1.807, 2.05) is 30.3 Å². The Labute approximate surface area is 202 Å². The lowest BCUT2D eigenvalue weighted by Gasteiger charge is -2.34. The van der Waals surface area contributed by atoms with Gasteiger partial charge in [0.2, 0.25) is 10.0 Å². The van der Waals surface area contributed by atoms with E-state index >= 15 is 0 Å². The van der Waals surface area contributed by atoms with Crippen molar-refractivity contribution >= 4 is 32.5 Å². The number of hydrogen-bond acceptors (Lipinski definition) is 5. The van der Waals surface area contributed by atoms with Crippen LogP contribution >= 0.6 is 11.8 Å². The van der Waals surface area contributed by atoms with Gasteiger partial charge in [-0.05, 0) is 35.3 Å². The zero-order valence-corrected chi connectivity index (χ0v) is 21.5. The van der Waals surface area contributed by atoms with Gasteiger partial charge in [-0.1, -0.05) is 70.2 Å². The van der Waals surface area contributed by atoms with Crippen molar-refractivity contribution in [3.05, 3.63) is 65.7 Å². The molecule has 0 N–H and O–H groups in total. The van der Waals surface area contributed by atoms with E-state index in [0.717, 1.165) is 34.1 Å². The Balaban J connectivity index is 1.53. The van der Waals surface area contributed by atoms with Crippen molar-refractivity contribution in [1.29, 1.82) is 0 Å². The van der Waals surface area contributed by atoms with Gasteiger partial charge in [0.15, 0.2) is 5.66 Å². The van der Waals surface area contributed by atoms with E-state index in [-0.39, 0.29) is 5.41 Å². The van der Waals surface area contributed by atoms with Gasteiger partial charge in [0.1, 0.15) is 5.04 Å². The molecule has 0 aromatic heterocycles. The first-order valence-corrected chi connectivity index (χ1v) is 14.1. The predicted molar refractivity (Wildman–Crippen MR) is 139 cm³/mol. The number of thioether (sulfide) groups is 1. The fraction of sp³-hybridized carbons (Fsp3) is 0.462. The molecule has 2 aromatic carbocycles. The largest absolute Gasteiger partial charge is 0.252 e. The third-order valence-corrected chi connectivity index (χ3v) is 9.29. The maximum absolute atomic E-state index is 13.3.